The third-order valence-electron chi connectivity index (χ3n) is 3.40. The van der Waals surface area contributed by atoms with Gasteiger partial charge in [0.05, 0.1) is 5.56 Å². The summed E-state index contributed by atoms with van der Waals surface area (Å²) in [7, 11) is 1.67. The summed E-state index contributed by atoms with van der Waals surface area (Å²) in [5.74, 6) is -0.331. The van der Waals surface area contributed by atoms with Crippen LogP contribution in [0.3, 0.4) is 0 Å². The van der Waals surface area contributed by atoms with Crippen molar-refractivity contribution in [2.75, 3.05) is 5.32 Å². The number of carbonyl (C=O) groups excluding carboxylic acids is 1. The number of nitriles is 1. The van der Waals surface area contributed by atoms with Crippen LogP contribution in [0.4, 0.5) is 5.00 Å². The number of anilines is 1. The summed E-state index contributed by atoms with van der Waals surface area (Å²) in [6.45, 7) is 0. The molecule has 2 heterocycles. The molecule has 0 unspecified atom stereocenters. The van der Waals surface area contributed by atoms with Crippen LogP contribution in [0.1, 0.15) is 16.1 Å². The van der Waals surface area contributed by atoms with Gasteiger partial charge in [-0.2, -0.15) is 10.4 Å². The fraction of sp³-hybridized carbons (Fsp3) is 0.0625. The molecule has 0 radical (unpaired) electrons. The van der Waals surface area contributed by atoms with Crippen molar-refractivity contribution in [1.82, 2.24) is 9.78 Å². The van der Waals surface area contributed by atoms with E-state index < -0.39 is 0 Å². The first kappa shape index (κ1) is 16.5. The highest BCUT2D eigenvalue weighted by Crippen LogP contribution is 2.39. The quantitative estimate of drug-likeness (QED) is 0.726. The van der Waals surface area contributed by atoms with Gasteiger partial charge in [-0.3, -0.25) is 9.48 Å². The molecule has 1 aromatic carbocycles. The van der Waals surface area contributed by atoms with Gasteiger partial charge in [-0.25, -0.2) is 0 Å². The van der Waals surface area contributed by atoms with Gasteiger partial charge >= 0.3 is 0 Å². The van der Waals surface area contributed by atoms with Gasteiger partial charge in [0.15, 0.2) is 0 Å². The number of nitrogens with one attached hydrogen (secondary N) is 1. The molecule has 0 saturated carbocycles. The van der Waals surface area contributed by atoms with Gasteiger partial charge < -0.3 is 5.32 Å². The van der Waals surface area contributed by atoms with E-state index in [1.54, 1.807) is 36.7 Å². The number of thiophene rings is 1. The first-order valence-corrected chi connectivity index (χ1v) is 8.41. The lowest BCUT2D eigenvalue weighted by atomic mass is 10.0. The average Bonchev–Trinajstić information content (AvgIpc) is 3.13. The highest BCUT2D eigenvalue weighted by Gasteiger charge is 2.19. The zero-order valence-electron chi connectivity index (χ0n) is 12.4. The van der Waals surface area contributed by atoms with Gasteiger partial charge in [-0.05, 0) is 18.2 Å². The SMILES string of the molecule is Cn1nccc1C(=O)Nc1scc(-c2ccc(Cl)cc2Cl)c1C#N. The van der Waals surface area contributed by atoms with Crippen molar-refractivity contribution < 1.29 is 4.79 Å². The number of nitrogens with zero attached hydrogens (tertiary/aromatic N) is 3. The Labute approximate surface area is 152 Å². The lowest BCUT2D eigenvalue weighted by molar-refractivity contribution is 0.101. The number of aromatic nitrogens is 2. The molecule has 1 amide bonds. The van der Waals surface area contributed by atoms with Crippen LogP contribution >= 0.6 is 34.5 Å². The molecule has 0 saturated heterocycles. The van der Waals surface area contributed by atoms with E-state index in [0.717, 1.165) is 0 Å². The van der Waals surface area contributed by atoms with E-state index in [-0.39, 0.29) is 5.91 Å². The van der Waals surface area contributed by atoms with Crippen LogP contribution in [-0.2, 0) is 7.05 Å². The molecule has 0 aliphatic carbocycles. The second kappa shape index (κ2) is 6.65. The summed E-state index contributed by atoms with van der Waals surface area (Å²) >= 11 is 13.4. The van der Waals surface area contributed by atoms with Gasteiger partial charge in [-0.1, -0.05) is 29.3 Å². The summed E-state index contributed by atoms with van der Waals surface area (Å²) in [4.78, 5) is 12.3. The Morgan fingerprint density at radius 1 is 1.33 bits per heavy atom. The summed E-state index contributed by atoms with van der Waals surface area (Å²) in [6, 6.07) is 8.80. The number of halogens is 2. The molecular formula is C16H10Cl2N4OS. The van der Waals surface area contributed by atoms with Crippen LogP contribution in [0.2, 0.25) is 10.0 Å². The van der Waals surface area contributed by atoms with Crippen LogP contribution < -0.4 is 5.32 Å². The Hall–Kier alpha value is -2.33. The molecule has 2 aromatic heterocycles. The lowest BCUT2D eigenvalue weighted by Gasteiger charge is -2.06. The number of hydrogen-bond acceptors (Lipinski definition) is 4. The maximum atomic E-state index is 12.3. The average molecular weight is 377 g/mol. The van der Waals surface area contributed by atoms with Gasteiger partial charge in [0.25, 0.3) is 5.91 Å². The fourth-order valence-electron chi connectivity index (χ4n) is 2.23. The first-order chi connectivity index (χ1) is 11.5. The molecule has 8 heteroatoms. The van der Waals surface area contributed by atoms with Crippen molar-refractivity contribution in [2.24, 2.45) is 7.05 Å². The standard InChI is InChI=1S/C16H10Cl2N4OS/c1-22-14(4-5-20-22)15(23)21-16-11(7-19)12(8-24-16)10-3-2-9(17)6-13(10)18/h2-6,8H,1H3,(H,21,23). The zero-order valence-corrected chi connectivity index (χ0v) is 14.7. The summed E-state index contributed by atoms with van der Waals surface area (Å²) in [6.07, 6.45) is 1.54. The number of carbonyl (C=O) groups is 1. The van der Waals surface area contributed by atoms with E-state index in [4.69, 9.17) is 23.2 Å². The van der Waals surface area contributed by atoms with Crippen molar-refractivity contribution in [3.8, 4) is 17.2 Å². The van der Waals surface area contributed by atoms with E-state index in [2.05, 4.69) is 16.5 Å². The van der Waals surface area contributed by atoms with E-state index in [9.17, 15) is 10.1 Å². The third-order valence-corrected chi connectivity index (χ3v) is 4.85. The van der Waals surface area contributed by atoms with Crippen molar-refractivity contribution in [3.63, 3.8) is 0 Å². The molecule has 1 N–H and O–H groups in total. The molecular weight excluding hydrogens is 367 g/mol. The normalized spacial score (nSPS) is 10.4. The number of aryl methyl sites for hydroxylation is 1. The minimum atomic E-state index is -0.331. The van der Waals surface area contributed by atoms with Gasteiger partial charge in [0.1, 0.15) is 16.8 Å². The number of benzene rings is 1. The van der Waals surface area contributed by atoms with Crippen molar-refractivity contribution in [1.29, 1.82) is 5.26 Å². The number of hydrogen-bond donors (Lipinski definition) is 1. The summed E-state index contributed by atoms with van der Waals surface area (Å²) in [5.41, 5.74) is 2.11. The lowest BCUT2D eigenvalue weighted by Crippen LogP contribution is -2.15. The Balaban J connectivity index is 1.97. The van der Waals surface area contributed by atoms with Crippen molar-refractivity contribution in [2.45, 2.75) is 0 Å². The molecule has 5 nitrogen and oxygen atoms in total. The van der Waals surface area contributed by atoms with Crippen LogP contribution in [0.5, 0.6) is 0 Å². The monoisotopic (exact) mass is 376 g/mol. The second-order valence-corrected chi connectivity index (χ2v) is 6.61. The van der Waals surface area contributed by atoms with Gasteiger partial charge in [0.2, 0.25) is 0 Å². The first-order valence-electron chi connectivity index (χ1n) is 6.77. The summed E-state index contributed by atoms with van der Waals surface area (Å²) < 4.78 is 1.46. The molecule has 3 aromatic rings. The molecule has 120 valence electrons. The fourth-order valence-corrected chi connectivity index (χ4v) is 3.65. The largest absolute Gasteiger partial charge is 0.311 e. The molecule has 0 spiro atoms. The van der Waals surface area contributed by atoms with Gasteiger partial charge in [0, 0.05) is 39.8 Å². The maximum Gasteiger partial charge on any atom is 0.274 e. The molecule has 0 aliphatic heterocycles. The van der Waals surface area contributed by atoms with Crippen LogP contribution in [0, 0.1) is 11.3 Å². The van der Waals surface area contributed by atoms with Crippen LogP contribution in [0.25, 0.3) is 11.1 Å². The van der Waals surface area contributed by atoms with E-state index in [1.807, 2.05) is 0 Å². The molecule has 3 rings (SSSR count). The van der Waals surface area contributed by atoms with Crippen LogP contribution in [-0.4, -0.2) is 15.7 Å². The van der Waals surface area contributed by atoms with Crippen molar-refractivity contribution in [3.05, 3.63) is 57.1 Å². The predicted octanol–water partition coefficient (Wildman–Crippen LogP) is 4.58. The Kier molecular flexibility index (Phi) is 4.58. The molecule has 0 bridgehead atoms. The topological polar surface area (TPSA) is 70.7 Å². The highest BCUT2D eigenvalue weighted by atomic mass is 35.5. The van der Waals surface area contributed by atoms with E-state index in [0.29, 0.717) is 37.4 Å². The number of rotatable bonds is 3. The summed E-state index contributed by atoms with van der Waals surface area (Å²) in [5, 5.41) is 19.4. The third kappa shape index (κ3) is 3.02. The molecule has 0 atom stereocenters. The smallest absolute Gasteiger partial charge is 0.274 e. The van der Waals surface area contributed by atoms with Gasteiger partial charge in [-0.15, -0.1) is 11.3 Å². The van der Waals surface area contributed by atoms with Crippen molar-refractivity contribution >= 4 is 45.4 Å². The van der Waals surface area contributed by atoms with Crippen LogP contribution in [0.15, 0.2) is 35.8 Å². The number of amides is 1. The second-order valence-electron chi connectivity index (χ2n) is 4.88. The molecule has 0 fully saturated rings. The van der Waals surface area contributed by atoms with E-state index in [1.165, 1.54) is 22.2 Å². The minimum absolute atomic E-state index is 0.331. The Morgan fingerprint density at radius 2 is 2.12 bits per heavy atom. The Morgan fingerprint density at radius 3 is 2.75 bits per heavy atom. The maximum absolute atomic E-state index is 12.3. The predicted molar refractivity (Wildman–Crippen MR) is 95.7 cm³/mol. The zero-order chi connectivity index (χ0) is 17.3. The highest BCUT2D eigenvalue weighted by molar-refractivity contribution is 7.15. The molecule has 24 heavy (non-hydrogen) atoms. The minimum Gasteiger partial charge on any atom is -0.311 e. The van der Waals surface area contributed by atoms with E-state index >= 15 is 0 Å². The Bertz CT molecular complexity index is 971. The molecule has 0 aliphatic rings.